The SMILES string of the molecule is O=C(Nc1cccc(CNc2ccc(C(F)(F)F)cc2[N+](=O)[O-])c1)C1CC1. The molecule has 0 aliphatic heterocycles. The summed E-state index contributed by atoms with van der Waals surface area (Å²) in [5.41, 5.74) is -0.418. The van der Waals surface area contributed by atoms with E-state index in [1.165, 1.54) is 0 Å². The summed E-state index contributed by atoms with van der Waals surface area (Å²) < 4.78 is 38.2. The molecule has 1 saturated carbocycles. The first-order valence-corrected chi connectivity index (χ1v) is 8.23. The molecule has 27 heavy (non-hydrogen) atoms. The fraction of sp³-hybridized carbons (Fsp3) is 0.278. The monoisotopic (exact) mass is 379 g/mol. The highest BCUT2D eigenvalue weighted by Crippen LogP contribution is 2.35. The number of halogens is 3. The maximum absolute atomic E-state index is 12.7. The van der Waals surface area contributed by atoms with Gasteiger partial charge < -0.3 is 10.6 Å². The molecule has 0 bridgehead atoms. The molecule has 3 rings (SSSR count). The number of nitrogens with zero attached hydrogens (tertiary/aromatic N) is 1. The Bertz CT molecular complexity index is 880. The lowest BCUT2D eigenvalue weighted by Crippen LogP contribution is -2.13. The van der Waals surface area contributed by atoms with Crippen molar-refractivity contribution in [3.8, 4) is 0 Å². The van der Waals surface area contributed by atoms with Gasteiger partial charge in [0, 0.05) is 24.2 Å². The van der Waals surface area contributed by atoms with Gasteiger partial charge in [-0.05, 0) is 42.7 Å². The van der Waals surface area contributed by atoms with Crippen LogP contribution in [0.15, 0.2) is 42.5 Å². The third kappa shape index (κ3) is 4.75. The van der Waals surface area contributed by atoms with E-state index >= 15 is 0 Å². The predicted octanol–water partition coefficient (Wildman–Crippen LogP) is 4.57. The number of nitrogens with one attached hydrogen (secondary N) is 2. The second kappa shape index (κ2) is 7.26. The van der Waals surface area contributed by atoms with Gasteiger partial charge in [-0.1, -0.05) is 12.1 Å². The molecule has 0 heterocycles. The molecular weight excluding hydrogens is 363 g/mol. The van der Waals surface area contributed by atoms with Gasteiger partial charge in [0.2, 0.25) is 5.91 Å². The quantitative estimate of drug-likeness (QED) is 0.569. The van der Waals surface area contributed by atoms with Gasteiger partial charge in [0.05, 0.1) is 10.5 Å². The van der Waals surface area contributed by atoms with Crippen LogP contribution in [0.5, 0.6) is 0 Å². The zero-order chi connectivity index (χ0) is 19.6. The van der Waals surface area contributed by atoms with Gasteiger partial charge in [-0.15, -0.1) is 0 Å². The summed E-state index contributed by atoms with van der Waals surface area (Å²) in [6.07, 6.45) is -2.90. The van der Waals surface area contributed by atoms with Crippen molar-refractivity contribution in [2.45, 2.75) is 25.6 Å². The molecular formula is C18H16F3N3O3. The third-order valence-electron chi connectivity index (χ3n) is 4.15. The summed E-state index contributed by atoms with van der Waals surface area (Å²) in [5, 5.41) is 16.7. The van der Waals surface area contributed by atoms with Crippen molar-refractivity contribution >= 4 is 23.0 Å². The molecule has 0 radical (unpaired) electrons. The molecule has 2 N–H and O–H groups in total. The number of anilines is 2. The molecule has 2 aromatic carbocycles. The average molecular weight is 379 g/mol. The largest absolute Gasteiger partial charge is 0.416 e. The summed E-state index contributed by atoms with van der Waals surface area (Å²) in [6, 6.07) is 9.25. The van der Waals surface area contributed by atoms with Crippen molar-refractivity contribution in [1.29, 1.82) is 0 Å². The van der Waals surface area contributed by atoms with Crippen LogP contribution in [0.2, 0.25) is 0 Å². The molecule has 0 atom stereocenters. The van der Waals surface area contributed by atoms with E-state index in [-0.39, 0.29) is 24.1 Å². The van der Waals surface area contributed by atoms with Crippen LogP contribution in [0.25, 0.3) is 0 Å². The Labute approximate surface area is 152 Å². The Morgan fingerprint density at radius 1 is 1.19 bits per heavy atom. The number of benzene rings is 2. The van der Waals surface area contributed by atoms with Gasteiger partial charge in [-0.3, -0.25) is 14.9 Å². The minimum absolute atomic E-state index is 0.0135. The topological polar surface area (TPSA) is 84.3 Å². The van der Waals surface area contributed by atoms with Crippen LogP contribution < -0.4 is 10.6 Å². The summed E-state index contributed by atoms with van der Waals surface area (Å²) >= 11 is 0. The zero-order valence-corrected chi connectivity index (χ0v) is 14.0. The first-order chi connectivity index (χ1) is 12.7. The van der Waals surface area contributed by atoms with Crippen molar-refractivity contribution in [2.75, 3.05) is 10.6 Å². The van der Waals surface area contributed by atoms with Crippen molar-refractivity contribution in [2.24, 2.45) is 5.92 Å². The standard InChI is InChI=1S/C18H16F3N3O3/c19-18(20,21)13-6-7-15(16(9-13)24(26)27)22-10-11-2-1-3-14(8-11)23-17(25)12-4-5-12/h1-3,6-9,12,22H,4-5,10H2,(H,23,25). The molecule has 1 fully saturated rings. The fourth-order valence-electron chi connectivity index (χ4n) is 2.55. The van der Waals surface area contributed by atoms with E-state index in [0.717, 1.165) is 30.5 Å². The van der Waals surface area contributed by atoms with Gasteiger partial charge in [0.25, 0.3) is 5.69 Å². The highest BCUT2D eigenvalue weighted by atomic mass is 19.4. The second-order valence-electron chi connectivity index (χ2n) is 6.30. The molecule has 1 amide bonds. The number of alkyl halides is 3. The van der Waals surface area contributed by atoms with Gasteiger partial charge >= 0.3 is 6.18 Å². The highest BCUT2D eigenvalue weighted by molar-refractivity contribution is 5.94. The summed E-state index contributed by atoms with van der Waals surface area (Å²) in [4.78, 5) is 22.1. The number of nitro benzene ring substituents is 1. The number of amides is 1. The molecule has 6 nitrogen and oxygen atoms in total. The smallest absolute Gasteiger partial charge is 0.375 e. The first kappa shape index (κ1) is 18.7. The minimum Gasteiger partial charge on any atom is -0.375 e. The van der Waals surface area contributed by atoms with Crippen LogP contribution in [-0.2, 0) is 17.5 Å². The van der Waals surface area contributed by atoms with E-state index in [0.29, 0.717) is 11.8 Å². The van der Waals surface area contributed by atoms with E-state index < -0.39 is 22.4 Å². The number of carbonyl (C=O) groups is 1. The van der Waals surface area contributed by atoms with Gasteiger partial charge in [0.1, 0.15) is 5.69 Å². The van der Waals surface area contributed by atoms with Crippen molar-refractivity contribution < 1.29 is 22.9 Å². The normalized spacial score (nSPS) is 13.9. The summed E-state index contributed by atoms with van der Waals surface area (Å²) in [5.74, 6) is 0.0139. The number of nitro groups is 1. The van der Waals surface area contributed by atoms with Crippen LogP contribution in [0.4, 0.5) is 30.2 Å². The summed E-state index contributed by atoms with van der Waals surface area (Å²) in [6.45, 7) is 0.152. The maximum Gasteiger partial charge on any atom is 0.416 e. The van der Waals surface area contributed by atoms with E-state index in [4.69, 9.17) is 0 Å². The molecule has 0 spiro atoms. The van der Waals surface area contributed by atoms with E-state index in [1.807, 2.05) is 0 Å². The summed E-state index contributed by atoms with van der Waals surface area (Å²) in [7, 11) is 0. The molecule has 142 valence electrons. The van der Waals surface area contributed by atoms with Crippen LogP contribution >= 0.6 is 0 Å². The van der Waals surface area contributed by atoms with Gasteiger partial charge in [-0.25, -0.2) is 0 Å². The molecule has 1 aliphatic carbocycles. The molecule has 9 heteroatoms. The van der Waals surface area contributed by atoms with Crippen LogP contribution in [0.3, 0.4) is 0 Å². The Kier molecular flexibility index (Phi) is 5.02. The van der Waals surface area contributed by atoms with E-state index in [9.17, 15) is 28.1 Å². The second-order valence-corrected chi connectivity index (χ2v) is 6.30. The number of hydrogen-bond donors (Lipinski definition) is 2. The zero-order valence-electron chi connectivity index (χ0n) is 14.0. The molecule has 1 aliphatic rings. The van der Waals surface area contributed by atoms with E-state index in [2.05, 4.69) is 10.6 Å². The van der Waals surface area contributed by atoms with Crippen molar-refractivity contribution in [1.82, 2.24) is 0 Å². The van der Waals surface area contributed by atoms with Crippen molar-refractivity contribution in [3.63, 3.8) is 0 Å². The Balaban J connectivity index is 1.72. The van der Waals surface area contributed by atoms with Crippen molar-refractivity contribution in [3.05, 3.63) is 63.7 Å². The fourth-order valence-corrected chi connectivity index (χ4v) is 2.55. The minimum atomic E-state index is -4.66. The number of rotatable bonds is 6. The molecule has 0 aromatic heterocycles. The Hall–Kier alpha value is -3.10. The van der Waals surface area contributed by atoms with E-state index in [1.54, 1.807) is 24.3 Å². The van der Waals surface area contributed by atoms with Gasteiger partial charge in [0.15, 0.2) is 0 Å². The Morgan fingerprint density at radius 3 is 2.56 bits per heavy atom. The first-order valence-electron chi connectivity index (χ1n) is 8.23. The third-order valence-corrected chi connectivity index (χ3v) is 4.15. The van der Waals surface area contributed by atoms with Crippen LogP contribution in [0.1, 0.15) is 24.0 Å². The number of carbonyl (C=O) groups excluding carboxylic acids is 1. The lowest BCUT2D eigenvalue weighted by molar-refractivity contribution is -0.384. The molecule has 2 aromatic rings. The molecule has 0 saturated heterocycles. The van der Waals surface area contributed by atoms with Crippen LogP contribution in [-0.4, -0.2) is 10.8 Å². The molecule has 0 unspecified atom stereocenters. The Morgan fingerprint density at radius 2 is 1.93 bits per heavy atom. The predicted molar refractivity (Wildman–Crippen MR) is 93.2 cm³/mol. The maximum atomic E-state index is 12.7. The number of hydrogen-bond acceptors (Lipinski definition) is 4. The van der Waals surface area contributed by atoms with Crippen LogP contribution in [0, 0.1) is 16.0 Å². The lowest BCUT2D eigenvalue weighted by Gasteiger charge is -2.11. The highest BCUT2D eigenvalue weighted by Gasteiger charge is 2.33. The van der Waals surface area contributed by atoms with Gasteiger partial charge in [-0.2, -0.15) is 13.2 Å². The average Bonchev–Trinajstić information content (AvgIpc) is 3.44. The lowest BCUT2D eigenvalue weighted by atomic mass is 10.1.